The van der Waals surface area contributed by atoms with E-state index >= 15 is 0 Å². The minimum atomic E-state index is 0.478. The molecule has 84 valence electrons. The predicted octanol–water partition coefficient (Wildman–Crippen LogP) is 4.42. The maximum atomic E-state index is 4.46. The van der Waals surface area contributed by atoms with Crippen molar-refractivity contribution in [3.05, 3.63) is 12.2 Å². The van der Waals surface area contributed by atoms with Crippen molar-refractivity contribution in [1.29, 1.82) is 0 Å². The van der Waals surface area contributed by atoms with Crippen molar-refractivity contribution in [1.82, 2.24) is 0 Å². The summed E-state index contributed by atoms with van der Waals surface area (Å²) in [7, 11) is 0. The number of rotatable bonds is 0. The third-order valence-electron chi connectivity index (χ3n) is 6.62. The average Bonchev–Trinajstić information content (AvgIpc) is 2.21. The van der Waals surface area contributed by atoms with Crippen molar-refractivity contribution in [2.75, 3.05) is 0 Å². The third kappa shape index (κ3) is 0.946. The Morgan fingerprint density at radius 1 is 1.20 bits per heavy atom. The minimum absolute atomic E-state index is 0.478. The highest BCUT2D eigenvalue weighted by Gasteiger charge is 2.61. The lowest BCUT2D eigenvalue weighted by molar-refractivity contribution is -0.123. The first-order valence-corrected chi connectivity index (χ1v) is 6.68. The molecule has 4 rings (SSSR count). The molecule has 4 aliphatic carbocycles. The number of allylic oxidation sites excluding steroid dienone is 1. The van der Waals surface area contributed by atoms with E-state index in [1.165, 1.54) is 32.1 Å². The van der Waals surface area contributed by atoms with E-state index in [2.05, 4.69) is 27.4 Å². The van der Waals surface area contributed by atoms with E-state index in [1.807, 2.05) is 0 Å². The Bertz CT molecular complexity index is 316. The second-order valence-electron chi connectivity index (χ2n) is 6.87. The molecule has 0 aliphatic heterocycles. The summed E-state index contributed by atoms with van der Waals surface area (Å²) < 4.78 is 0. The summed E-state index contributed by atoms with van der Waals surface area (Å²) in [5.74, 6) is 2.81. The number of hydrogen-bond acceptors (Lipinski definition) is 0. The van der Waals surface area contributed by atoms with E-state index in [1.54, 1.807) is 5.57 Å². The first kappa shape index (κ1) is 9.93. The first-order chi connectivity index (χ1) is 6.99. The summed E-state index contributed by atoms with van der Waals surface area (Å²) in [5, 5.41) is 0. The number of fused-ring (bicyclic) bond motifs is 1. The van der Waals surface area contributed by atoms with Crippen LogP contribution in [0.1, 0.15) is 52.9 Å². The van der Waals surface area contributed by atoms with Crippen LogP contribution in [0.5, 0.6) is 0 Å². The summed E-state index contributed by atoms with van der Waals surface area (Å²) in [5.41, 5.74) is 2.67. The topological polar surface area (TPSA) is 0 Å². The highest BCUT2D eigenvalue weighted by molar-refractivity contribution is 5.28. The van der Waals surface area contributed by atoms with Crippen LogP contribution < -0.4 is 0 Å². The van der Waals surface area contributed by atoms with Crippen molar-refractivity contribution in [3.63, 3.8) is 0 Å². The minimum Gasteiger partial charge on any atom is -0.0990 e. The summed E-state index contributed by atoms with van der Waals surface area (Å²) in [6.45, 7) is 12.0. The van der Waals surface area contributed by atoms with Crippen molar-refractivity contribution in [2.45, 2.75) is 52.9 Å². The Morgan fingerprint density at radius 2 is 1.93 bits per heavy atom. The zero-order valence-electron chi connectivity index (χ0n) is 10.5. The monoisotopic (exact) mass is 204 g/mol. The van der Waals surface area contributed by atoms with Crippen molar-refractivity contribution >= 4 is 0 Å². The van der Waals surface area contributed by atoms with Gasteiger partial charge in [0.05, 0.1) is 0 Å². The molecule has 0 heteroatoms. The molecule has 0 heterocycles. The van der Waals surface area contributed by atoms with Crippen LogP contribution >= 0.6 is 0 Å². The molecule has 4 saturated carbocycles. The van der Waals surface area contributed by atoms with Crippen LogP contribution in [-0.2, 0) is 0 Å². The maximum Gasteiger partial charge on any atom is -0.00597 e. The SMILES string of the molecule is C=C1[C@H]2CC[C@]3(C)[C@@H](C2)[C@@H](C)CC[C@]13C. The molecule has 0 aromatic heterocycles. The van der Waals surface area contributed by atoms with Crippen LogP contribution in [0.2, 0.25) is 0 Å². The predicted molar refractivity (Wildman–Crippen MR) is 64.6 cm³/mol. The Morgan fingerprint density at radius 3 is 2.67 bits per heavy atom. The highest BCUT2D eigenvalue weighted by atomic mass is 14.7. The molecule has 0 spiro atoms. The fraction of sp³-hybridized carbons (Fsp3) is 0.867. The van der Waals surface area contributed by atoms with E-state index in [9.17, 15) is 0 Å². The fourth-order valence-corrected chi connectivity index (χ4v) is 5.19. The molecule has 0 saturated heterocycles. The molecule has 0 unspecified atom stereocenters. The largest absolute Gasteiger partial charge is 0.0990 e. The standard InChI is InChI=1S/C15H24/c1-10-5-7-14(3)11(2)12-6-8-15(14,4)13(10)9-12/h10,12-13H,2,5-9H2,1,3-4H3/t10-,12-,13-,14+,15+/m0/s1. The molecular formula is C15H24. The lowest BCUT2D eigenvalue weighted by Gasteiger charge is -2.67. The molecule has 15 heavy (non-hydrogen) atoms. The van der Waals surface area contributed by atoms with E-state index in [4.69, 9.17) is 0 Å². The van der Waals surface area contributed by atoms with Gasteiger partial charge in [-0.25, -0.2) is 0 Å². The molecule has 0 aromatic carbocycles. The van der Waals surface area contributed by atoms with Gasteiger partial charge >= 0.3 is 0 Å². The van der Waals surface area contributed by atoms with Gasteiger partial charge in [0.2, 0.25) is 0 Å². The van der Waals surface area contributed by atoms with Gasteiger partial charge in [-0.3, -0.25) is 0 Å². The van der Waals surface area contributed by atoms with Gasteiger partial charge in [0.25, 0.3) is 0 Å². The first-order valence-electron chi connectivity index (χ1n) is 6.68. The second-order valence-corrected chi connectivity index (χ2v) is 6.87. The zero-order chi connectivity index (χ0) is 10.8. The van der Waals surface area contributed by atoms with E-state index in [0.29, 0.717) is 10.8 Å². The van der Waals surface area contributed by atoms with Gasteiger partial charge in [-0.2, -0.15) is 0 Å². The van der Waals surface area contributed by atoms with Gasteiger partial charge < -0.3 is 0 Å². The molecule has 0 amide bonds. The van der Waals surface area contributed by atoms with Gasteiger partial charge in [0.15, 0.2) is 0 Å². The molecule has 5 atom stereocenters. The lowest BCUT2D eigenvalue weighted by atomic mass is 9.37. The molecule has 0 radical (unpaired) electrons. The molecule has 4 bridgehead atoms. The zero-order valence-corrected chi connectivity index (χ0v) is 10.5. The van der Waals surface area contributed by atoms with Crippen LogP contribution in [0.4, 0.5) is 0 Å². The maximum absolute atomic E-state index is 4.46. The van der Waals surface area contributed by atoms with E-state index in [-0.39, 0.29) is 0 Å². The molecule has 0 nitrogen and oxygen atoms in total. The summed E-state index contributed by atoms with van der Waals surface area (Å²) in [6, 6.07) is 0. The molecule has 0 aromatic rings. The quantitative estimate of drug-likeness (QED) is 0.513. The van der Waals surface area contributed by atoms with E-state index < -0.39 is 0 Å². The van der Waals surface area contributed by atoms with Gasteiger partial charge in [0.1, 0.15) is 0 Å². The van der Waals surface area contributed by atoms with E-state index in [0.717, 1.165) is 17.8 Å². The number of hydrogen-bond donors (Lipinski definition) is 0. The van der Waals surface area contributed by atoms with Gasteiger partial charge in [-0.1, -0.05) is 32.9 Å². The Balaban J connectivity index is 2.11. The van der Waals surface area contributed by atoms with Gasteiger partial charge in [-0.05, 0) is 60.7 Å². The molecule has 4 fully saturated rings. The second kappa shape index (κ2) is 2.70. The smallest absolute Gasteiger partial charge is 0.00597 e. The van der Waals surface area contributed by atoms with Crippen LogP contribution in [0.3, 0.4) is 0 Å². The fourth-order valence-electron chi connectivity index (χ4n) is 5.19. The van der Waals surface area contributed by atoms with Crippen molar-refractivity contribution in [3.8, 4) is 0 Å². The lowest BCUT2D eigenvalue weighted by Crippen LogP contribution is -2.58. The Kier molecular flexibility index (Phi) is 1.79. The molecule has 4 aliphatic rings. The van der Waals surface area contributed by atoms with Crippen LogP contribution in [0, 0.1) is 28.6 Å². The summed E-state index contributed by atoms with van der Waals surface area (Å²) >= 11 is 0. The molecular weight excluding hydrogens is 180 g/mol. The highest BCUT2D eigenvalue weighted by Crippen LogP contribution is 2.70. The normalized spacial score (nSPS) is 58.3. The summed E-state index contributed by atoms with van der Waals surface area (Å²) in [4.78, 5) is 0. The third-order valence-corrected chi connectivity index (χ3v) is 6.62. The average molecular weight is 204 g/mol. The summed E-state index contributed by atoms with van der Waals surface area (Å²) in [6.07, 6.45) is 7.17. The van der Waals surface area contributed by atoms with Crippen LogP contribution in [0.25, 0.3) is 0 Å². The van der Waals surface area contributed by atoms with Crippen molar-refractivity contribution in [2.24, 2.45) is 28.6 Å². The Labute approximate surface area is 94.1 Å². The molecule has 0 N–H and O–H groups in total. The Hall–Kier alpha value is -0.260. The van der Waals surface area contributed by atoms with Gasteiger partial charge in [-0.15, -0.1) is 0 Å². The van der Waals surface area contributed by atoms with Gasteiger partial charge in [0, 0.05) is 0 Å². The van der Waals surface area contributed by atoms with Crippen molar-refractivity contribution < 1.29 is 0 Å². The van der Waals surface area contributed by atoms with Crippen LogP contribution in [0.15, 0.2) is 12.2 Å². The van der Waals surface area contributed by atoms with Crippen LogP contribution in [-0.4, -0.2) is 0 Å².